The van der Waals surface area contributed by atoms with Gasteiger partial charge in [0.15, 0.2) is 0 Å². The zero-order chi connectivity index (χ0) is 20.7. The van der Waals surface area contributed by atoms with Gasteiger partial charge in [-0.2, -0.15) is 0 Å². The first-order chi connectivity index (χ1) is 13.8. The monoisotopic (exact) mass is 415 g/mol. The van der Waals surface area contributed by atoms with E-state index in [0.29, 0.717) is 32.5 Å². The van der Waals surface area contributed by atoms with Crippen molar-refractivity contribution in [3.8, 4) is 0 Å². The van der Waals surface area contributed by atoms with Crippen molar-refractivity contribution in [3.63, 3.8) is 0 Å². The van der Waals surface area contributed by atoms with E-state index in [1.165, 1.54) is 10.5 Å². The predicted octanol–water partition coefficient (Wildman–Crippen LogP) is 2.34. The molecule has 3 aliphatic rings. The van der Waals surface area contributed by atoms with E-state index < -0.39 is 0 Å². The molecule has 0 unspecified atom stereocenters. The highest BCUT2D eigenvalue weighted by Crippen LogP contribution is 2.30. The lowest BCUT2D eigenvalue weighted by atomic mass is 10.0. The summed E-state index contributed by atoms with van der Waals surface area (Å²) < 4.78 is 0. The second-order valence-corrected chi connectivity index (χ2v) is 8.98. The molecule has 0 bridgehead atoms. The van der Waals surface area contributed by atoms with Crippen molar-refractivity contribution in [1.29, 1.82) is 0 Å². The number of benzene rings is 1. The van der Waals surface area contributed by atoms with Gasteiger partial charge in [0, 0.05) is 37.8 Å². The summed E-state index contributed by atoms with van der Waals surface area (Å²) in [4.78, 5) is 54.2. The summed E-state index contributed by atoms with van der Waals surface area (Å²) in [5.41, 5.74) is 3.14. The van der Waals surface area contributed by atoms with E-state index in [1.54, 1.807) is 9.80 Å². The molecule has 3 fully saturated rings. The van der Waals surface area contributed by atoms with Crippen LogP contribution in [0.15, 0.2) is 18.2 Å². The van der Waals surface area contributed by atoms with Crippen LogP contribution in [0.2, 0.25) is 0 Å². The summed E-state index contributed by atoms with van der Waals surface area (Å²) in [6.45, 7) is 5.47. The van der Waals surface area contributed by atoms with Gasteiger partial charge >= 0.3 is 0 Å². The molecule has 3 aliphatic heterocycles. The molecular formula is C21H25N3O4S. The highest BCUT2D eigenvalue weighted by molar-refractivity contribution is 8.14. The van der Waals surface area contributed by atoms with Crippen LogP contribution in [-0.2, 0) is 14.4 Å². The molecule has 0 aliphatic carbocycles. The zero-order valence-electron chi connectivity index (χ0n) is 16.7. The molecule has 154 valence electrons. The Morgan fingerprint density at radius 1 is 1.03 bits per heavy atom. The Morgan fingerprint density at radius 3 is 2.38 bits per heavy atom. The van der Waals surface area contributed by atoms with Crippen LogP contribution in [-0.4, -0.2) is 64.2 Å². The normalized spacial score (nSPS) is 23.4. The standard InChI is InChI=1S/C21H25N3O4S/c1-13-3-4-17(9-14(13)2)23-11-15(10-18(23)25)20(27)22-7-5-16(6-8-22)24-19(26)12-29-21(24)28/h3-4,9,15-16H,5-8,10-12H2,1-2H3/t15-/m0/s1. The number of carbonyl (C=O) groups is 4. The average Bonchev–Trinajstić information content (AvgIpc) is 3.26. The molecule has 0 N–H and O–H groups in total. The van der Waals surface area contributed by atoms with Gasteiger partial charge in [-0.05, 0) is 49.9 Å². The molecule has 29 heavy (non-hydrogen) atoms. The van der Waals surface area contributed by atoms with Gasteiger partial charge in [0.25, 0.3) is 5.24 Å². The summed E-state index contributed by atoms with van der Waals surface area (Å²) in [5.74, 6) is -0.277. The molecule has 3 heterocycles. The first-order valence-electron chi connectivity index (χ1n) is 10.0. The molecule has 8 heteroatoms. The Morgan fingerprint density at radius 2 is 1.76 bits per heavy atom. The molecular weight excluding hydrogens is 390 g/mol. The number of imide groups is 1. The molecule has 0 radical (unpaired) electrons. The Hall–Kier alpha value is -2.35. The first kappa shape index (κ1) is 19.9. The molecule has 0 spiro atoms. The van der Waals surface area contributed by atoms with E-state index in [2.05, 4.69) is 0 Å². The van der Waals surface area contributed by atoms with E-state index in [4.69, 9.17) is 0 Å². The van der Waals surface area contributed by atoms with Crippen LogP contribution in [0.1, 0.15) is 30.4 Å². The topological polar surface area (TPSA) is 78.0 Å². The van der Waals surface area contributed by atoms with Gasteiger partial charge in [-0.15, -0.1) is 0 Å². The Kier molecular flexibility index (Phi) is 5.38. The number of likely N-dealkylation sites (tertiary alicyclic amines) is 1. The van der Waals surface area contributed by atoms with Gasteiger partial charge in [-0.3, -0.25) is 24.1 Å². The van der Waals surface area contributed by atoms with E-state index in [1.807, 2.05) is 32.0 Å². The van der Waals surface area contributed by atoms with Crippen LogP contribution in [0.4, 0.5) is 10.5 Å². The van der Waals surface area contributed by atoms with Gasteiger partial charge in [0.1, 0.15) is 0 Å². The Balaban J connectivity index is 1.37. The minimum Gasteiger partial charge on any atom is -0.342 e. The summed E-state index contributed by atoms with van der Waals surface area (Å²) in [7, 11) is 0. The van der Waals surface area contributed by atoms with Gasteiger partial charge in [0.05, 0.1) is 11.7 Å². The minimum absolute atomic E-state index is 0.00316. The lowest BCUT2D eigenvalue weighted by Crippen LogP contribution is -2.49. The van der Waals surface area contributed by atoms with Crippen molar-refractivity contribution in [1.82, 2.24) is 9.80 Å². The van der Waals surface area contributed by atoms with Crippen LogP contribution < -0.4 is 4.90 Å². The van der Waals surface area contributed by atoms with Crippen molar-refractivity contribution in [2.45, 2.75) is 39.2 Å². The van der Waals surface area contributed by atoms with E-state index in [9.17, 15) is 19.2 Å². The third-order valence-corrected chi connectivity index (χ3v) is 7.04. The lowest BCUT2D eigenvalue weighted by molar-refractivity contribution is -0.137. The predicted molar refractivity (Wildman–Crippen MR) is 111 cm³/mol. The second-order valence-electron chi connectivity index (χ2n) is 8.05. The fraction of sp³-hybridized carbons (Fsp3) is 0.524. The molecule has 4 amide bonds. The van der Waals surface area contributed by atoms with Crippen LogP contribution in [0.5, 0.6) is 0 Å². The largest absolute Gasteiger partial charge is 0.342 e. The first-order valence-corrected chi connectivity index (χ1v) is 11.0. The number of rotatable bonds is 3. The van der Waals surface area contributed by atoms with Crippen LogP contribution in [0.25, 0.3) is 0 Å². The van der Waals surface area contributed by atoms with Crippen LogP contribution in [0, 0.1) is 19.8 Å². The van der Waals surface area contributed by atoms with E-state index in [-0.39, 0.29) is 47.1 Å². The number of hydrogen-bond donors (Lipinski definition) is 0. The van der Waals surface area contributed by atoms with Crippen molar-refractivity contribution in [3.05, 3.63) is 29.3 Å². The Bertz CT molecular complexity index is 863. The van der Waals surface area contributed by atoms with Crippen molar-refractivity contribution in [2.24, 2.45) is 5.92 Å². The van der Waals surface area contributed by atoms with E-state index >= 15 is 0 Å². The van der Waals surface area contributed by atoms with Crippen molar-refractivity contribution >= 4 is 40.4 Å². The molecule has 0 saturated carbocycles. The van der Waals surface area contributed by atoms with Gasteiger partial charge < -0.3 is 9.80 Å². The summed E-state index contributed by atoms with van der Waals surface area (Å²) in [6, 6.07) is 5.80. The number of hydrogen-bond acceptors (Lipinski definition) is 5. The molecule has 4 rings (SSSR count). The summed E-state index contributed by atoms with van der Waals surface area (Å²) in [6.07, 6.45) is 1.43. The third kappa shape index (κ3) is 3.77. The maximum absolute atomic E-state index is 13.0. The number of piperidine rings is 1. The molecule has 1 aromatic carbocycles. The molecule has 0 aromatic heterocycles. The fourth-order valence-corrected chi connectivity index (χ4v) is 5.11. The molecule has 3 saturated heterocycles. The highest BCUT2D eigenvalue weighted by atomic mass is 32.2. The lowest BCUT2D eigenvalue weighted by Gasteiger charge is -2.36. The summed E-state index contributed by atoms with van der Waals surface area (Å²) in [5, 5.41) is -0.176. The number of anilines is 1. The summed E-state index contributed by atoms with van der Waals surface area (Å²) >= 11 is 1.05. The number of carbonyl (C=O) groups excluding carboxylic acids is 4. The second kappa shape index (κ2) is 7.82. The fourth-order valence-electron chi connectivity index (χ4n) is 4.34. The van der Waals surface area contributed by atoms with Gasteiger partial charge in [-0.25, -0.2) is 0 Å². The molecule has 1 atom stereocenters. The molecule has 1 aromatic rings. The Labute approximate surface area is 174 Å². The number of thioether (sulfide) groups is 1. The minimum atomic E-state index is -0.341. The zero-order valence-corrected chi connectivity index (χ0v) is 17.5. The van der Waals surface area contributed by atoms with Crippen molar-refractivity contribution in [2.75, 3.05) is 30.3 Å². The third-order valence-electron chi connectivity index (χ3n) is 6.20. The van der Waals surface area contributed by atoms with Crippen LogP contribution >= 0.6 is 11.8 Å². The smallest absolute Gasteiger partial charge is 0.289 e. The van der Waals surface area contributed by atoms with Gasteiger partial charge in [0.2, 0.25) is 17.7 Å². The maximum atomic E-state index is 13.0. The van der Waals surface area contributed by atoms with Gasteiger partial charge in [-0.1, -0.05) is 17.8 Å². The maximum Gasteiger partial charge on any atom is 0.289 e. The number of nitrogens with zero attached hydrogens (tertiary/aromatic N) is 3. The quantitative estimate of drug-likeness (QED) is 0.757. The SMILES string of the molecule is Cc1ccc(N2C[C@@H](C(=O)N3CCC(N4C(=O)CSC4=O)CC3)CC2=O)cc1C. The van der Waals surface area contributed by atoms with Crippen LogP contribution in [0.3, 0.4) is 0 Å². The van der Waals surface area contributed by atoms with E-state index in [0.717, 1.165) is 23.0 Å². The number of aryl methyl sites for hydroxylation is 2. The highest BCUT2D eigenvalue weighted by Gasteiger charge is 2.41. The van der Waals surface area contributed by atoms with Crippen molar-refractivity contribution < 1.29 is 19.2 Å². The molecule has 7 nitrogen and oxygen atoms in total. The number of amides is 4. The average molecular weight is 416 g/mol.